The molecular weight excluding hydrogens is 796 g/mol. The van der Waals surface area contributed by atoms with Crippen LogP contribution in [0, 0.1) is 27.7 Å². The Morgan fingerprint density at radius 3 is 1.76 bits per heavy atom. The topological polar surface area (TPSA) is 9.86 Å². The van der Waals surface area contributed by atoms with Crippen molar-refractivity contribution in [3.05, 3.63) is 207 Å². The summed E-state index contributed by atoms with van der Waals surface area (Å²) in [5.41, 5.74) is 31.9. The predicted octanol–water partition coefficient (Wildman–Crippen LogP) is 13.4. The summed E-state index contributed by atoms with van der Waals surface area (Å²) in [5, 5.41) is 6.72. The van der Waals surface area contributed by atoms with E-state index in [1.54, 1.807) is 0 Å². The molecule has 0 fully saturated rings. The van der Waals surface area contributed by atoms with Crippen LogP contribution in [0.4, 0.5) is 0 Å². The Balaban J connectivity index is 1.23. The molecule has 4 aliphatic rings. The molecule has 0 radical (unpaired) electrons. The minimum absolute atomic E-state index is 0.00751. The number of hydrogen-bond donors (Lipinski definition) is 0. The van der Waals surface area contributed by atoms with Crippen molar-refractivity contribution in [2.24, 2.45) is 0 Å². The van der Waals surface area contributed by atoms with Crippen LogP contribution < -0.4 is 16.4 Å². The average molecular weight is 843 g/mol. The van der Waals surface area contributed by atoms with Gasteiger partial charge >= 0.3 is 0 Å². The summed E-state index contributed by atoms with van der Waals surface area (Å²) in [6, 6.07) is 60.3. The lowest BCUT2D eigenvalue weighted by atomic mass is 9.33. The van der Waals surface area contributed by atoms with Crippen LogP contribution in [0.1, 0.15) is 69.5 Å². The molecule has 9 aromatic carbocycles. The average Bonchev–Trinajstić information content (AvgIpc) is 3.95. The van der Waals surface area contributed by atoms with Crippen LogP contribution in [-0.2, 0) is 18.3 Å². The van der Waals surface area contributed by atoms with E-state index in [-0.39, 0.29) is 6.71 Å². The van der Waals surface area contributed by atoms with E-state index in [0.29, 0.717) is 0 Å². The number of benzene rings is 9. The van der Waals surface area contributed by atoms with Gasteiger partial charge in [-0.1, -0.05) is 163 Å². The van der Waals surface area contributed by atoms with E-state index in [0.717, 1.165) is 12.8 Å². The first-order valence-electron chi connectivity index (χ1n) is 24.1. The molecule has 0 bridgehead atoms. The SMILES string of the molecule is CCc1cc2c3c(c1)c1cc(CC)cc4c1n3-c1c(ccc3c1B2c1c2ccccc2cc2c(-c5ccc(C)cc5)c(-c5ccc(C)cc5)n-3c12)C41c2cc(C)ccc2-c2ccc(C)cc21. The van der Waals surface area contributed by atoms with Gasteiger partial charge in [-0.3, -0.25) is 0 Å². The lowest BCUT2D eigenvalue weighted by Crippen LogP contribution is -2.60. The van der Waals surface area contributed by atoms with Crippen molar-refractivity contribution >= 4 is 66.6 Å². The molecule has 1 spiro atoms. The van der Waals surface area contributed by atoms with E-state index < -0.39 is 5.41 Å². The van der Waals surface area contributed by atoms with Crippen LogP contribution in [0.15, 0.2) is 152 Å². The third-order valence-corrected chi connectivity index (χ3v) is 16.4. The predicted molar refractivity (Wildman–Crippen MR) is 279 cm³/mol. The summed E-state index contributed by atoms with van der Waals surface area (Å²) >= 11 is 0. The van der Waals surface area contributed by atoms with Gasteiger partial charge in [0.25, 0.3) is 6.71 Å². The molecule has 11 aromatic rings. The Morgan fingerprint density at radius 2 is 1.08 bits per heavy atom. The Kier molecular flexibility index (Phi) is 6.99. The molecule has 66 heavy (non-hydrogen) atoms. The third-order valence-electron chi connectivity index (χ3n) is 16.4. The van der Waals surface area contributed by atoms with Gasteiger partial charge in [-0.25, -0.2) is 0 Å². The lowest BCUT2D eigenvalue weighted by molar-refractivity contribution is 0.745. The summed E-state index contributed by atoms with van der Waals surface area (Å²) in [6.45, 7) is 13.6. The molecule has 0 saturated carbocycles. The van der Waals surface area contributed by atoms with Crippen LogP contribution in [0.2, 0.25) is 0 Å². The van der Waals surface area contributed by atoms with Gasteiger partial charge in [-0.2, -0.15) is 0 Å². The van der Waals surface area contributed by atoms with Crippen molar-refractivity contribution in [3.8, 4) is 44.9 Å². The van der Waals surface area contributed by atoms with Crippen LogP contribution in [-0.4, -0.2) is 15.8 Å². The number of hydrogen-bond acceptors (Lipinski definition) is 0. The maximum Gasteiger partial charge on any atom is 0.253 e. The zero-order valence-electron chi connectivity index (χ0n) is 38.3. The molecule has 3 heteroatoms. The normalized spacial score (nSPS) is 14.1. The molecule has 3 aliphatic heterocycles. The molecule has 312 valence electrons. The second-order valence-corrected chi connectivity index (χ2v) is 20.0. The fourth-order valence-electron chi connectivity index (χ4n) is 13.6. The number of fused-ring (bicyclic) bond motifs is 13. The quantitative estimate of drug-likeness (QED) is 0.156. The van der Waals surface area contributed by atoms with Gasteiger partial charge in [0.1, 0.15) is 0 Å². The highest BCUT2D eigenvalue weighted by atomic mass is 15.1. The van der Waals surface area contributed by atoms with E-state index in [1.807, 2.05) is 0 Å². The monoisotopic (exact) mass is 842 g/mol. The van der Waals surface area contributed by atoms with Gasteiger partial charge in [-0.15, -0.1) is 0 Å². The third kappa shape index (κ3) is 4.27. The largest absolute Gasteiger partial charge is 0.310 e. The van der Waals surface area contributed by atoms with Gasteiger partial charge in [0, 0.05) is 38.6 Å². The van der Waals surface area contributed by atoms with Crippen molar-refractivity contribution < 1.29 is 0 Å². The molecule has 0 amide bonds. The van der Waals surface area contributed by atoms with E-state index in [2.05, 4.69) is 202 Å². The summed E-state index contributed by atoms with van der Waals surface area (Å²) < 4.78 is 5.49. The highest BCUT2D eigenvalue weighted by molar-refractivity contribution is 7.01. The maximum absolute atomic E-state index is 2.77. The second kappa shape index (κ2) is 12.5. The van der Waals surface area contributed by atoms with Gasteiger partial charge in [0.2, 0.25) is 0 Å². The minimum Gasteiger partial charge on any atom is -0.310 e. The van der Waals surface area contributed by atoms with Crippen molar-refractivity contribution in [2.45, 2.75) is 59.8 Å². The summed E-state index contributed by atoms with van der Waals surface area (Å²) in [5.74, 6) is 0. The van der Waals surface area contributed by atoms with Crippen LogP contribution in [0.3, 0.4) is 0 Å². The molecule has 0 N–H and O–H groups in total. The lowest BCUT2D eigenvalue weighted by Gasteiger charge is -2.44. The highest BCUT2D eigenvalue weighted by Gasteiger charge is 2.55. The fourth-order valence-corrected chi connectivity index (χ4v) is 13.6. The smallest absolute Gasteiger partial charge is 0.253 e. The van der Waals surface area contributed by atoms with Crippen molar-refractivity contribution in [1.82, 2.24) is 9.13 Å². The summed E-state index contributed by atoms with van der Waals surface area (Å²) in [4.78, 5) is 0. The highest BCUT2D eigenvalue weighted by Crippen LogP contribution is 2.62. The molecule has 2 aromatic heterocycles. The number of aromatic nitrogens is 2. The van der Waals surface area contributed by atoms with Crippen molar-refractivity contribution in [1.29, 1.82) is 0 Å². The number of aryl methyl sites for hydroxylation is 6. The fraction of sp³-hybridized carbons (Fsp3) is 0.143. The molecule has 0 unspecified atom stereocenters. The van der Waals surface area contributed by atoms with Crippen LogP contribution in [0.5, 0.6) is 0 Å². The van der Waals surface area contributed by atoms with Gasteiger partial charge < -0.3 is 9.13 Å². The van der Waals surface area contributed by atoms with E-state index in [9.17, 15) is 0 Å². The van der Waals surface area contributed by atoms with Gasteiger partial charge in [0.05, 0.1) is 22.1 Å². The summed E-state index contributed by atoms with van der Waals surface area (Å²) in [7, 11) is 0. The molecular formula is C63H47BN2. The maximum atomic E-state index is 2.77. The van der Waals surface area contributed by atoms with Gasteiger partial charge in [0.15, 0.2) is 0 Å². The first-order chi connectivity index (χ1) is 32.3. The standard InChI is InChI=1S/C63H47BN2/c1-7-38-29-46-47-30-39(8-2)32-53-60(47)66-59(46)52(31-38)63(50-27-36(5)17-23-44(50)45-24-18-37(6)28-51(45)63)49-25-26-54-57(62(49)66)64(53)56-43-12-10-9-11-42(43)33-48-55(40-19-13-34(3)14-20-40)58(65(54)61(48)56)41-21-15-35(4)16-22-41/h9-33H,7-8H2,1-6H3. The Hall–Kier alpha value is -7.36. The van der Waals surface area contributed by atoms with Crippen LogP contribution >= 0.6 is 0 Å². The molecule has 1 aliphatic carbocycles. The van der Waals surface area contributed by atoms with Crippen molar-refractivity contribution in [2.75, 3.05) is 0 Å². The van der Waals surface area contributed by atoms with Crippen molar-refractivity contribution in [3.63, 3.8) is 0 Å². The minimum atomic E-state index is -0.519. The zero-order valence-corrected chi connectivity index (χ0v) is 38.3. The second-order valence-electron chi connectivity index (χ2n) is 20.0. The molecule has 0 saturated heterocycles. The molecule has 0 atom stereocenters. The Morgan fingerprint density at radius 1 is 0.455 bits per heavy atom. The Labute approximate surface area is 385 Å². The van der Waals surface area contributed by atoms with E-state index >= 15 is 0 Å². The van der Waals surface area contributed by atoms with Crippen LogP contribution in [0.25, 0.3) is 88.4 Å². The first-order valence-corrected chi connectivity index (χ1v) is 24.1. The Bertz CT molecular complexity index is 3990. The van der Waals surface area contributed by atoms with Gasteiger partial charge in [-0.05, 0) is 148 Å². The molecule has 2 nitrogen and oxygen atoms in total. The number of nitrogens with zero attached hydrogens (tertiary/aromatic N) is 2. The zero-order chi connectivity index (χ0) is 44.1. The first kappa shape index (κ1) is 36.9. The number of rotatable bonds is 4. The van der Waals surface area contributed by atoms with E-state index in [1.165, 1.54) is 160 Å². The molecule has 15 rings (SSSR count). The molecule has 5 heterocycles. The summed E-state index contributed by atoms with van der Waals surface area (Å²) in [6.07, 6.45) is 1.95. The van der Waals surface area contributed by atoms with E-state index in [4.69, 9.17) is 0 Å².